The van der Waals surface area contributed by atoms with E-state index in [9.17, 15) is 9.59 Å². The summed E-state index contributed by atoms with van der Waals surface area (Å²) in [4.78, 5) is 29.1. The van der Waals surface area contributed by atoms with Crippen LogP contribution in [0.3, 0.4) is 0 Å². The second-order valence-corrected chi connectivity index (χ2v) is 9.62. The predicted molar refractivity (Wildman–Crippen MR) is 131 cm³/mol. The standard InChI is InChI=1S/C25H30BrN3O4/c1-16-24(18-4-6-19(26)7-5-18)23-15-28(13-12-22(14-29(16)23)33-17(2)30)25(31)27-20-8-10-21(32-3)11-9-20/h4-11,16,22-24H,12-15H2,1-3H3,(H,27,31)/t16-,22?,23+,24-/m1/s1. The van der Waals surface area contributed by atoms with Crippen LogP contribution in [0.25, 0.3) is 0 Å². The average Bonchev–Trinajstić information content (AvgIpc) is 2.79. The number of carbonyl (C=O) groups is 2. The second-order valence-electron chi connectivity index (χ2n) is 8.71. The number of rotatable bonds is 4. The fourth-order valence-electron chi connectivity index (χ4n) is 4.98. The van der Waals surface area contributed by atoms with Gasteiger partial charge in [-0.15, -0.1) is 0 Å². The van der Waals surface area contributed by atoms with Gasteiger partial charge in [0.1, 0.15) is 11.9 Å². The lowest BCUT2D eigenvalue weighted by Gasteiger charge is -2.57. The van der Waals surface area contributed by atoms with Crippen molar-refractivity contribution in [2.45, 2.75) is 44.4 Å². The number of fused-ring (bicyclic) bond motifs is 1. The van der Waals surface area contributed by atoms with E-state index in [1.54, 1.807) is 7.11 Å². The van der Waals surface area contributed by atoms with Gasteiger partial charge in [-0.3, -0.25) is 9.69 Å². The Morgan fingerprint density at radius 1 is 1.06 bits per heavy atom. The molecule has 0 aliphatic carbocycles. The molecule has 2 aromatic carbocycles. The number of nitrogens with zero attached hydrogens (tertiary/aromatic N) is 2. The number of esters is 1. The number of anilines is 1. The first-order chi connectivity index (χ1) is 15.9. The molecule has 0 spiro atoms. The van der Waals surface area contributed by atoms with E-state index in [0.29, 0.717) is 43.7 Å². The Labute approximate surface area is 203 Å². The highest BCUT2D eigenvalue weighted by molar-refractivity contribution is 9.10. The summed E-state index contributed by atoms with van der Waals surface area (Å²) in [5.74, 6) is 0.745. The SMILES string of the molecule is COc1ccc(NC(=O)N2CCC(OC(C)=O)CN3[C@H](C)[C@H](c4ccc(Br)cc4)[C@@H]3C2)cc1. The maximum absolute atomic E-state index is 13.2. The van der Waals surface area contributed by atoms with Crippen molar-refractivity contribution in [1.82, 2.24) is 9.80 Å². The van der Waals surface area contributed by atoms with E-state index >= 15 is 0 Å². The number of hydrogen-bond acceptors (Lipinski definition) is 5. The Hall–Kier alpha value is -2.58. The lowest BCUT2D eigenvalue weighted by Crippen LogP contribution is -2.67. The Balaban J connectivity index is 1.54. The summed E-state index contributed by atoms with van der Waals surface area (Å²) in [5.41, 5.74) is 1.97. The van der Waals surface area contributed by atoms with Gasteiger partial charge in [-0.05, 0) is 48.9 Å². The van der Waals surface area contributed by atoms with E-state index in [0.717, 1.165) is 10.2 Å². The first kappa shape index (κ1) is 23.6. The molecule has 0 aromatic heterocycles. The van der Waals surface area contributed by atoms with Crippen LogP contribution in [-0.2, 0) is 9.53 Å². The minimum atomic E-state index is -0.288. The zero-order chi connectivity index (χ0) is 23.5. The molecule has 7 nitrogen and oxygen atoms in total. The molecular weight excluding hydrogens is 486 g/mol. The van der Waals surface area contributed by atoms with E-state index in [2.05, 4.69) is 57.3 Å². The Kier molecular flexibility index (Phi) is 7.24. The van der Waals surface area contributed by atoms with Crippen molar-refractivity contribution in [3.63, 3.8) is 0 Å². The number of methoxy groups -OCH3 is 1. The van der Waals surface area contributed by atoms with Crippen molar-refractivity contribution < 1.29 is 19.1 Å². The summed E-state index contributed by atoms with van der Waals surface area (Å²) < 4.78 is 11.8. The fourth-order valence-corrected chi connectivity index (χ4v) is 5.24. The molecule has 4 atom stereocenters. The molecule has 2 amide bonds. The summed E-state index contributed by atoms with van der Waals surface area (Å²) in [7, 11) is 1.61. The highest BCUT2D eigenvalue weighted by Crippen LogP contribution is 2.42. The van der Waals surface area contributed by atoms with E-state index in [1.807, 2.05) is 29.2 Å². The molecule has 176 valence electrons. The van der Waals surface area contributed by atoms with Crippen LogP contribution in [0.1, 0.15) is 31.7 Å². The number of nitrogens with one attached hydrogen (secondary N) is 1. The van der Waals surface area contributed by atoms with Crippen LogP contribution in [0.4, 0.5) is 10.5 Å². The van der Waals surface area contributed by atoms with Gasteiger partial charge in [0.25, 0.3) is 0 Å². The number of amides is 2. The van der Waals surface area contributed by atoms with Gasteiger partial charge in [-0.25, -0.2) is 4.79 Å². The van der Waals surface area contributed by atoms with Crippen molar-refractivity contribution in [1.29, 1.82) is 0 Å². The lowest BCUT2D eigenvalue weighted by molar-refractivity contribution is -0.152. The first-order valence-corrected chi connectivity index (χ1v) is 12.0. The predicted octanol–water partition coefficient (Wildman–Crippen LogP) is 4.48. The van der Waals surface area contributed by atoms with Gasteiger partial charge in [0.15, 0.2) is 0 Å². The number of carbonyl (C=O) groups excluding carboxylic acids is 2. The average molecular weight is 516 g/mol. The lowest BCUT2D eigenvalue weighted by atomic mass is 9.75. The highest BCUT2D eigenvalue weighted by atomic mass is 79.9. The number of ether oxygens (including phenoxy) is 2. The molecule has 2 aliphatic rings. The van der Waals surface area contributed by atoms with Crippen molar-refractivity contribution in [2.24, 2.45) is 0 Å². The summed E-state index contributed by atoms with van der Waals surface area (Å²) in [6.07, 6.45) is 0.365. The molecule has 2 saturated heterocycles. The van der Waals surface area contributed by atoms with E-state index < -0.39 is 0 Å². The van der Waals surface area contributed by atoms with Crippen LogP contribution < -0.4 is 10.1 Å². The van der Waals surface area contributed by atoms with Gasteiger partial charge in [-0.2, -0.15) is 0 Å². The van der Waals surface area contributed by atoms with Gasteiger partial charge in [0.05, 0.1) is 7.11 Å². The van der Waals surface area contributed by atoms with Gasteiger partial charge >= 0.3 is 12.0 Å². The fraction of sp³-hybridized carbons (Fsp3) is 0.440. The summed E-state index contributed by atoms with van der Waals surface area (Å²) in [6.45, 7) is 5.46. The van der Waals surface area contributed by atoms with Gasteiger partial charge in [0, 0.05) is 61.1 Å². The third-order valence-corrected chi connectivity index (χ3v) is 7.17. The van der Waals surface area contributed by atoms with Crippen LogP contribution in [-0.4, -0.2) is 66.7 Å². The molecule has 33 heavy (non-hydrogen) atoms. The molecule has 1 N–H and O–H groups in total. The number of urea groups is 1. The molecule has 1 unspecified atom stereocenters. The molecule has 2 aromatic rings. The Morgan fingerprint density at radius 3 is 2.39 bits per heavy atom. The third kappa shape index (κ3) is 5.33. The summed E-state index contributed by atoms with van der Waals surface area (Å²) in [5, 5.41) is 3.00. The molecule has 2 fully saturated rings. The molecular formula is C25H30BrN3O4. The van der Waals surface area contributed by atoms with E-state index in [4.69, 9.17) is 9.47 Å². The Morgan fingerprint density at radius 2 is 1.76 bits per heavy atom. The van der Waals surface area contributed by atoms with Crippen molar-refractivity contribution >= 4 is 33.6 Å². The van der Waals surface area contributed by atoms with Crippen LogP contribution in [0.15, 0.2) is 53.0 Å². The maximum atomic E-state index is 13.2. The molecule has 0 saturated carbocycles. The van der Waals surface area contributed by atoms with Gasteiger partial charge < -0.3 is 19.7 Å². The number of halogens is 1. The van der Waals surface area contributed by atoms with Crippen LogP contribution >= 0.6 is 15.9 Å². The second kappa shape index (κ2) is 10.1. The maximum Gasteiger partial charge on any atom is 0.321 e. The van der Waals surface area contributed by atoms with E-state index in [-0.39, 0.29) is 24.1 Å². The third-order valence-electron chi connectivity index (χ3n) is 6.64. The zero-order valence-electron chi connectivity index (χ0n) is 19.2. The molecule has 4 rings (SSSR count). The van der Waals surface area contributed by atoms with Crippen molar-refractivity contribution in [2.75, 3.05) is 32.1 Å². The monoisotopic (exact) mass is 515 g/mol. The van der Waals surface area contributed by atoms with Crippen molar-refractivity contribution in [3.8, 4) is 5.75 Å². The topological polar surface area (TPSA) is 71.1 Å². The molecule has 2 heterocycles. The largest absolute Gasteiger partial charge is 0.497 e. The van der Waals surface area contributed by atoms with Crippen LogP contribution in [0, 0.1) is 0 Å². The van der Waals surface area contributed by atoms with Gasteiger partial charge in [0.2, 0.25) is 0 Å². The Bertz CT molecular complexity index is 982. The van der Waals surface area contributed by atoms with Gasteiger partial charge in [-0.1, -0.05) is 28.1 Å². The van der Waals surface area contributed by atoms with Crippen molar-refractivity contribution in [3.05, 3.63) is 58.6 Å². The number of benzene rings is 2. The minimum Gasteiger partial charge on any atom is -0.497 e. The quantitative estimate of drug-likeness (QED) is 0.607. The molecule has 0 bridgehead atoms. The summed E-state index contributed by atoms with van der Waals surface area (Å²) in [6, 6.07) is 16.0. The molecule has 8 heteroatoms. The summed E-state index contributed by atoms with van der Waals surface area (Å²) >= 11 is 3.51. The smallest absolute Gasteiger partial charge is 0.321 e. The van der Waals surface area contributed by atoms with E-state index in [1.165, 1.54) is 12.5 Å². The normalized spacial score (nSPS) is 25.2. The highest BCUT2D eigenvalue weighted by Gasteiger charge is 2.49. The minimum absolute atomic E-state index is 0.154. The first-order valence-electron chi connectivity index (χ1n) is 11.2. The zero-order valence-corrected chi connectivity index (χ0v) is 20.7. The molecule has 2 aliphatic heterocycles. The van der Waals surface area contributed by atoms with Crippen LogP contribution in [0.5, 0.6) is 5.75 Å². The molecule has 0 radical (unpaired) electrons. The van der Waals surface area contributed by atoms with Crippen LogP contribution in [0.2, 0.25) is 0 Å². The number of hydrogen-bond donors (Lipinski definition) is 1.